The molecule has 2 heterocycles. The number of amides is 1. The maximum Gasteiger partial charge on any atom is 0.235 e. The summed E-state index contributed by atoms with van der Waals surface area (Å²) in [6, 6.07) is 11.8. The first-order valence-corrected chi connectivity index (χ1v) is 15.8. The number of ketones is 1. The molecular weight excluding hydrogens is 560 g/mol. The van der Waals surface area contributed by atoms with Gasteiger partial charge < -0.3 is 9.64 Å². The second kappa shape index (κ2) is 12.6. The average molecular weight is 597 g/mol. The third-order valence-electron chi connectivity index (χ3n) is 7.29. The highest BCUT2D eigenvalue weighted by molar-refractivity contribution is 7.89. The highest BCUT2D eigenvalue weighted by Gasteiger charge is 2.54. The second-order valence-electron chi connectivity index (χ2n) is 10.4. The summed E-state index contributed by atoms with van der Waals surface area (Å²) in [5.41, 5.74) is 2.37. The number of aromatic nitrogens is 2. The van der Waals surface area contributed by atoms with E-state index in [0.29, 0.717) is 40.7 Å². The molecule has 1 saturated carbocycles. The van der Waals surface area contributed by atoms with Crippen LogP contribution in [0.3, 0.4) is 0 Å². The third kappa shape index (κ3) is 7.09. The molecule has 0 radical (unpaired) electrons. The van der Waals surface area contributed by atoms with Gasteiger partial charge in [0.15, 0.2) is 5.78 Å². The van der Waals surface area contributed by atoms with Gasteiger partial charge in [0.2, 0.25) is 15.9 Å². The second-order valence-corrected chi connectivity index (χ2v) is 13.9. The van der Waals surface area contributed by atoms with Gasteiger partial charge in [0.1, 0.15) is 22.2 Å². The number of aryl methyl sites for hydroxylation is 2. The Labute approximate surface area is 245 Å². The Balaban J connectivity index is 1.56. The number of sulfonamides is 1. The van der Waals surface area contributed by atoms with Gasteiger partial charge in [0.25, 0.3) is 0 Å². The fourth-order valence-corrected chi connectivity index (χ4v) is 6.39. The summed E-state index contributed by atoms with van der Waals surface area (Å²) in [6.45, 7) is 6.31. The summed E-state index contributed by atoms with van der Waals surface area (Å²) in [7, 11) is 0.644. The number of pyridine rings is 1. The zero-order valence-electron chi connectivity index (χ0n) is 23.9. The summed E-state index contributed by atoms with van der Waals surface area (Å²) in [5.74, 6) is -0.601. The minimum Gasteiger partial charge on any atom is -0.495 e. The van der Waals surface area contributed by atoms with Crippen molar-refractivity contribution in [2.45, 2.75) is 44.6 Å². The number of hydrogen-bond donors (Lipinski definition) is 0. The van der Waals surface area contributed by atoms with E-state index < -0.39 is 27.0 Å². The molecule has 9 nitrogen and oxygen atoms in total. The van der Waals surface area contributed by atoms with E-state index in [9.17, 15) is 18.0 Å². The number of methoxy groups -OCH3 is 1. The molecule has 1 aliphatic rings. The van der Waals surface area contributed by atoms with Crippen LogP contribution in [0.2, 0.25) is 0 Å². The molecule has 0 bridgehead atoms. The summed E-state index contributed by atoms with van der Waals surface area (Å²) in [5, 5.41) is 0.591. The molecule has 0 unspecified atom stereocenters. The van der Waals surface area contributed by atoms with Crippen LogP contribution in [0.5, 0.6) is 5.75 Å². The lowest BCUT2D eigenvalue weighted by Crippen LogP contribution is -2.40. The number of ether oxygens (including phenoxy) is 1. The Hall–Kier alpha value is -3.41. The van der Waals surface area contributed by atoms with Gasteiger partial charge in [-0.15, -0.1) is 11.3 Å². The molecule has 0 aliphatic heterocycles. The van der Waals surface area contributed by atoms with Crippen molar-refractivity contribution >= 4 is 39.1 Å². The smallest absolute Gasteiger partial charge is 0.235 e. The molecule has 4 rings (SSSR count). The van der Waals surface area contributed by atoms with Crippen LogP contribution in [0.15, 0.2) is 49.2 Å². The Morgan fingerprint density at radius 2 is 1.95 bits per heavy atom. The molecule has 1 fully saturated rings. The Bertz CT molecular complexity index is 1530. The Morgan fingerprint density at radius 3 is 2.56 bits per heavy atom. The quantitative estimate of drug-likeness (QED) is 0.256. The first-order valence-electron chi connectivity index (χ1n) is 13.4. The van der Waals surface area contributed by atoms with Gasteiger partial charge in [-0.25, -0.2) is 17.7 Å². The fourth-order valence-electron chi connectivity index (χ4n) is 4.70. The highest BCUT2D eigenvalue weighted by Crippen LogP contribution is 2.49. The molecule has 0 atom stereocenters. The zero-order chi connectivity index (χ0) is 29.8. The van der Waals surface area contributed by atoms with Gasteiger partial charge in [-0.3, -0.25) is 14.6 Å². The Kier molecular flexibility index (Phi) is 9.41. The van der Waals surface area contributed by atoms with Gasteiger partial charge >= 0.3 is 0 Å². The van der Waals surface area contributed by atoms with Crippen LogP contribution < -0.4 is 4.74 Å². The number of benzene rings is 1. The SMILES string of the molecule is C=Cc1cccc(CCCN(Cc2nc(C(=O)CS(=O)(=O)N(C)C)c(C)s2)C(=O)C2(c3ccc(OC)cn3)CC2)c1. The molecular formula is C30H36N4O5S2. The molecule has 2 aromatic heterocycles. The first kappa shape index (κ1) is 30.5. The highest BCUT2D eigenvalue weighted by atomic mass is 32.2. The van der Waals surface area contributed by atoms with Crippen LogP contribution >= 0.6 is 11.3 Å². The van der Waals surface area contributed by atoms with E-state index in [4.69, 9.17) is 4.74 Å². The number of Topliss-reactive ketones (excluding diaryl/α,β-unsaturated/α-hetero) is 1. The van der Waals surface area contributed by atoms with Crippen molar-refractivity contribution in [1.82, 2.24) is 19.2 Å². The molecule has 41 heavy (non-hydrogen) atoms. The van der Waals surface area contributed by atoms with E-state index in [-0.39, 0.29) is 18.1 Å². The largest absolute Gasteiger partial charge is 0.495 e. The average Bonchev–Trinajstić information content (AvgIpc) is 3.68. The number of rotatable bonds is 14. The van der Waals surface area contributed by atoms with Gasteiger partial charge in [-0.05, 0) is 55.9 Å². The van der Waals surface area contributed by atoms with Crippen molar-refractivity contribution in [3.05, 3.63) is 81.6 Å². The molecule has 0 N–H and O–H groups in total. The lowest BCUT2D eigenvalue weighted by Gasteiger charge is -2.27. The maximum atomic E-state index is 14.1. The van der Waals surface area contributed by atoms with E-state index >= 15 is 0 Å². The number of nitrogens with zero attached hydrogens (tertiary/aromatic N) is 4. The minimum absolute atomic E-state index is 0.0223. The number of carbonyl (C=O) groups excluding carboxylic acids is 2. The lowest BCUT2D eigenvalue weighted by molar-refractivity contribution is -0.134. The van der Waals surface area contributed by atoms with Crippen LogP contribution in [0.25, 0.3) is 6.08 Å². The lowest BCUT2D eigenvalue weighted by atomic mass is 9.99. The number of thiazole rings is 1. The summed E-state index contributed by atoms with van der Waals surface area (Å²) < 4.78 is 30.8. The Morgan fingerprint density at radius 1 is 1.20 bits per heavy atom. The topological polar surface area (TPSA) is 110 Å². The van der Waals surface area contributed by atoms with Gasteiger partial charge in [0.05, 0.1) is 31.0 Å². The van der Waals surface area contributed by atoms with Crippen LogP contribution in [0.1, 0.15) is 56.5 Å². The summed E-state index contributed by atoms with van der Waals surface area (Å²) in [4.78, 5) is 38.4. The zero-order valence-corrected chi connectivity index (χ0v) is 25.6. The normalized spacial score (nSPS) is 14.1. The molecule has 0 spiro atoms. The summed E-state index contributed by atoms with van der Waals surface area (Å²) in [6.07, 6.45) is 6.35. The monoisotopic (exact) mass is 596 g/mol. The maximum absolute atomic E-state index is 14.1. The number of carbonyl (C=O) groups is 2. The van der Waals surface area contributed by atoms with Crippen molar-refractivity contribution in [3.8, 4) is 5.75 Å². The van der Waals surface area contributed by atoms with E-state index in [0.717, 1.165) is 28.3 Å². The first-order chi connectivity index (χ1) is 19.5. The standard InChI is InChI=1S/C30H36N4O5S2/c1-6-22-9-7-10-23(17-22)11-8-16-34(29(36)30(14-15-30)26-13-12-24(39-5)18-31-26)19-27-32-28(21(2)40-27)25(35)20-41(37,38)33(3)4/h6-7,9-10,12-13,17-18H,1,8,11,14-16,19-20H2,2-5H3. The van der Waals surface area contributed by atoms with Crippen LogP contribution in [0, 0.1) is 6.92 Å². The molecule has 218 valence electrons. The molecule has 1 aromatic carbocycles. The van der Waals surface area contributed by atoms with Crippen molar-refractivity contribution in [2.24, 2.45) is 0 Å². The van der Waals surface area contributed by atoms with Crippen molar-refractivity contribution in [3.63, 3.8) is 0 Å². The van der Waals surface area contributed by atoms with E-state index in [2.05, 4.69) is 28.7 Å². The predicted octanol–water partition coefficient (Wildman–Crippen LogP) is 4.27. The molecule has 0 saturated heterocycles. The van der Waals surface area contributed by atoms with Crippen molar-refractivity contribution in [1.29, 1.82) is 0 Å². The van der Waals surface area contributed by atoms with E-state index in [1.165, 1.54) is 25.4 Å². The van der Waals surface area contributed by atoms with Crippen molar-refractivity contribution < 1.29 is 22.7 Å². The van der Waals surface area contributed by atoms with Gasteiger partial charge in [0, 0.05) is 25.5 Å². The predicted molar refractivity (Wildman–Crippen MR) is 161 cm³/mol. The molecule has 1 aliphatic carbocycles. The third-order valence-corrected chi connectivity index (χ3v) is 9.99. The molecule has 11 heteroatoms. The van der Waals surface area contributed by atoms with Crippen LogP contribution in [0.4, 0.5) is 0 Å². The fraction of sp³-hybridized carbons (Fsp3) is 0.400. The number of hydrogen-bond acceptors (Lipinski definition) is 8. The van der Waals surface area contributed by atoms with Gasteiger partial charge in [-0.2, -0.15) is 0 Å². The van der Waals surface area contributed by atoms with Crippen LogP contribution in [-0.4, -0.2) is 72.8 Å². The van der Waals surface area contributed by atoms with E-state index in [1.807, 2.05) is 30.3 Å². The minimum atomic E-state index is -3.72. The molecule has 1 amide bonds. The molecule has 3 aromatic rings. The van der Waals surface area contributed by atoms with Gasteiger partial charge in [-0.1, -0.05) is 36.9 Å². The van der Waals surface area contributed by atoms with Crippen molar-refractivity contribution in [2.75, 3.05) is 33.5 Å². The van der Waals surface area contributed by atoms with Crippen LogP contribution in [-0.2, 0) is 33.2 Å². The van der Waals surface area contributed by atoms with E-state index in [1.54, 1.807) is 25.1 Å². The summed E-state index contributed by atoms with van der Waals surface area (Å²) >= 11 is 1.31.